The third-order valence-corrected chi connectivity index (χ3v) is 2.13. The number of hydrogen-bond donors (Lipinski definition) is 1. The van der Waals surface area contributed by atoms with Crippen LogP contribution in [-0.4, -0.2) is 16.7 Å². The summed E-state index contributed by atoms with van der Waals surface area (Å²) >= 11 is 0. The lowest BCUT2D eigenvalue weighted by atomic mass is 10.00. The van der Waals surface area contributed by atoms with E-state index in [1.54, 1.807) is 0 Å². The lowest BCUT2D eigenvalue weighted by Gasteiger charge is -2.12. The summed E-state index contributed by atoms with van der Waals surface area (Å²) in [6.07, 6.45) is 2.28. The fourth-order valence-corrected chi connectivity index (χ4v) is 1.26. The average molecular weight is 125 g/mol. The second-order valence-corrected chi connectivity index (χ2v) is 2.88. The molecule has 1 fully saturated rings. The van der Waals surface area contributed by atoms with Crippen LogP contribution in [0.15, 0.2) is 0 Å². The molecule has 50 valence electrons. The fraction of sp³-hybridized carbons (Fsp3) is 0.857. The summed E-state index contributed by atoms with van der Waals surface area (Å²) in [5, 5.41) is 9.23. The Kier molecular flexibility index (Phi) is 1.46. The molecular formula is C7H11NO. The zero-order valence-electron chi connectivity index (χ0n) is 5.59. The lowest BCUT2D eigenvalue weighted by molar-refractivity contribution is 0.139. The van der Waals surface area contributed by atoms with Gasteiger partial charge in [-0.1, -0.05) is 0 Å². The molecule has 1 saturated carbocycles. The topological polar surface area (TPSA) is 24.6 Å². The first-order chi connectivity index (χ1) is 4.19. The molecule has 0 aromatic rings. The molecule has 0 aliphatic heterocycles. The van der Waals surface area contributed by atoms with Crippen LogP contribution in [0.25, 0.3) is 4.85 Å². The zero-order chi connectivity index (χ0) is 6.91. The van der Waals surface area contributed by atoms with E-state index in [2.05, 4.69) is 4.85 Å². The first kappa shape index (κ1) is 6.57. The molecule has 0 bridgehead atoms. The van der Waals surface area contributed by atoms with E-state index in [4.69, 9.17) is 6.57 Å². The molecule has 9 heavy (non-hydrogen) atoms. The molecule has 0 saturated heterocycles. The van der Waals surface area contributed by atoms with E-state index in [-0.39, 0.29) is 6.10 Å². The average Bonchev–Trinajstić information content (AvgIpc) is 2.15. The zero-order valence-corrected chi connectivity index (χ0v) is 5.59. The summed E-state index contributed by atoms with van der Waals surface area (Å²) in [5.41, 5.74) is -0.458. The Morgan fingerprint density at radius 1 is 1.78 bits per heavy atom. The van der Waals surface area contributed by atoms with Gasteiger partial charge < -0.3 is 9.95 Å². The first-order valence-electron chi connectivity index (χ1n) is 3.26. The van der Waals surface area contributed by atoms with Gasteiger partial charge in [0.1, 0.15) is 6.10 Å². The third-order valence-electron chi connectivity index (χ3n) is 2.13. The minimum absolute atomic E-state index is 0.380. The van der Waals surface area contributed by atoms with Crippen molar-refractivity contribution >= 4 is 0 Å². The van der Waals surface area contributed by atoms with Crippen molar-refractivity contribution in [1.82, 2.24) is 0 Å². The molecule has 1 rings (SSSR count). The van der Waals surface area contributed by atoms with Crippen LogP contribution in [0.3, 0.4) is 0 Å². The summed E-state index contributed by atoms with van der Waals surface area (Å²) in [4.78, 5) is 3.40. The highest BCUT2D eigenvalue weighted by Crippen LogP contribution is 2.32. The maximum Gasteiger partial charge on any atom is 0.255 e. The van der Waals surface area contributed by atoms with Gasteiger partial charge in [-0.25, -0.2) is 6.57 Å². The van der Waals surface area contributed by atoms with Crippen LogP contribution in [-0.2, 0) is 0 Å². The van der Waals surface area contributed by atoms with Crippen molar-refractivity contribution in [3.05, 3.63) is 11.4 Å². The molecule has 0 unspecified atom stereocenters. The lowest BCUT2D eigenvalue weighted by Crippen LogP contribution is -2.29. The van der Waals surface area contributed by atoms with Crippen molar-refractivity contribution in [2.24, 2.45) is 0 Å². The molecule has 0 amide bonds. The summed E-state index contributed by atoms with van der Waals surface area (Å²) in [6, 6.07) is 0. The van der Waals surface area contributed by atoms with Crippen LogP contribution < -0.4 is 0 Å². The minimum Gasteiger partial charge on any atom is -0.385 e. The number of aliphatic hydroxyl groups is 1. The van der Waals surface area contributed by atoms with Crippen molar-refractivity contribution in [1.29, 1.82) is 0 Å². The van der Waals surface area contributed by atoms with Gasteiger partial charge in [0.25, 0.3) is 5.54 Å². The van der Waals surface area contributed by atoms with Crippen molar-refractivity contribution in [2.45, 2.75) is 37.8 Å². The van der Waals surface area contributed by atoms with Gasteiger partial charge in [0.15, 0.2) is 0 Å². The van der Waals surface area contributed by atoms with E-state index in [1.807, 2.05) is 6.92 Å². The Morgan fingerprint density at radius 2 is 2.44 bits per heavy atom. The first-order valence-corrected chi connectivity index (χ1v) is 3.26. The molecule has 2 heteroatoms. The van der Waals surface area contributed by atoms with Crippen molar-refractivity contribution in [3.63, 3.8) is 0 Å². The second-order valence-electron chi connectivity index (χ2n) is 2.88. The van der Waals surface area contributed by atoms with Crippen molar-refractivity contribution < 1.29 is 5.11 Å². The summed E-state index contributed by atoms with van der Waals surface area (Å²) < 4.78 is 0. The summed E-state index contributed by atoms with van der Waals surface area (Å²) in [6.45, 7) is 8.62. The maximum atomic E-state index is 9.23. The predicted octanol–water partition coefficient (Wildman–Crippen LogP) is 1.21. The Morgan fingerprint density at radius 3 is 2.67 bits per heavy atom. The molecule has 1 N–H and O–H groups in total. The van der Waals surface area contributed by atoms with Crippen LogP contribution in [0.2, 0.25) is 0 Å². The highest BCUT2D eigenvalue weighted by molar-refractivity contribution is 5.04. The molecule has 2 nitrogen and oxygen atoms in total. The molecule has 1 aliphatic carbocycles. The quantitative estimate of drug-likeness (QED) is 0.483. The predicted molar refractivity (Wildman–Crippen MR) is 34.9 cm³/mol. The van der Waals surface area contributed by atoms with Crippen LogP contribution in [0.1, 0.15) is 26.2 Å². The third kappa shape index (κ3) is 0.927. The van der Waals surface area contributed by atoms with Crippen molar-refractivity contribution in [2.75, 3.05) is 0 Å². The SMILES string of the molecule is [C-]#[N+][C@]1(C)CCC[C@@H]1O. The Labute approximate surface area is 55.3 Å². The number of aliphatic hydroxyl groups excluding tert-OH is 1. The van der Waals surface area contributed by atoms with Gasteiger partial charge in [0.2, 0.25) is 0 Å². The van der Waals surface area contributed by atoms with E-state index in [0.29, 0.717) is 0 Å². The van der Waals surface area contributed by atoms with Gasteiger partial charge in [0, 0.05) is 13.3 Å². The molecule has 2 atom stereocenters. The van der Waals surface area contributed by atoms with E-state index >= 15 is 0 Å². The van der Waals surface area contributed by atoms with Gasteiger partial charge in [0.05, 0.1) is 0 Å². The van der Waals surface area contributed by atoms with E-state index in [9.17, 15) is 5.11 Å². The van der Waals surface area contributed by atoms with Crippen LogP contribution in [0.4, 0.5) is 0 Å². The number of hydrogen-bond acceptors (Lipinski definition) is 1. The van der Waals surface area contributed by atoms with Gasteiger partial charge in [-0.2, -0.15) is 0 Å². The van der Waals surface area contributed by atoms with Gasteiger partial charge >= 0.3 is 0 Å². The normalized spacial score (nSPS) is 42.6. The van der Waals surface area contributed by atoms with E-state index in [0.717, 1.165) is 19.3 Å². The van der Waals surface area contributed by atoms with Gasteiger partial charge in [-0.05, 0) is 12.8 Å². The summed E-state index contributed by atoms with van der Waals surface area (Å²) in [5.74, 6) is 0. The Balaban J connectivity index is 2.70. The van der Waals surface area contributed by atoms with Crippen LogP contribution in [0, 0.1) is 6.57 Å². The molecule has 1 aliphatic rings. The molecule has 0 aromatic heterocycles. The largest absolute Gasteiger partial charge is 0.385 e. The molecular weight excluding hydrogens is 114 g/mol. The Bertz CT molecular complexity index is 149. The standard InChI is InChI=1S/C7H11NO/c1-7(8-2)5-3-4-6(7)9/h6,9H,3-5H2,1H3/t6-,7+/m0/s1. The highest BCUT2D eigenvalue weighted by atomic mass is 16.3. The van der Waals surface area contributed by atoms with E-state index in [1.165, 1.54) is 0 Å². The van der Waals surface area contributed by atoms with Crippen LogP contribution in [0.5, 0.6) is 0 Å². The summed E-state index contributed by atoms with van der Waals surface area (Å²) in [7, 11) is 0. The number of rotatable bonds is 0. The molecule has 0 radical (unpaired) electrons. The minimum atomic E-state index is -0.458. The molecule has 0 heterocycles. The van der Waals surface area contributed by atoms with Crippen LogP contribution >= 0.6 is 0 Å². The fourth-order valence-electron chi connectivity index (χ4n) is 1.26. The monoisotopic (exact) mass is 125 g/mol. The van der Waals surface area contributed by atoms with Gasteiger partial charge in [-0.15, -0.1) is 0 Å². The smallest absolute Gasteiger partial charge is 0.255 e. The molecule has 0 spiro atoms. The van der Waals surface area contributed by atoms with E-state index < -0.39 is 5.54 Å². The Hall–Kier alpha value is -0.550. The highest BCUT2D eigenvalue weighted by Gasteiger charge is 2.43. The second kappa shape index (κ2) is 2.00. The number of nitrogens with zero attached hydrogens (tertiary/aromatic N) is 1. The molecule has 0 aromatic carbocycles. The maximum absolute atomic E-state index is 9.23. The van der Waals surface area contributed by atoms with Crippen molar-refractivity contribution in [3.8, 4) is 0 Å². The van der Waals surface area contributed by atoms with Gasteiger partial charge in [-0.3, -0.25) is 0 Å².